The minimum Gasteiger partial charge on any atom is -0.351 e. The third-order valence-electron chi connectivity index (χ3n) is 4.14. The second-order valence-corrected chi connectivity index (χ2v) is 7.14. The van der Waals surface area contributed by atoms with Gasteiger partial charge in [-0.3, -0.25) is 14.7 Å². The lowest BCUT2D eigenvalue weighted by Crippen LogP contribution is -2.36. The Kier molecular flexibility index (Phi) is 5.77. The Bertz CT molecular complexity index is 783. The van der Waals surface area contributed by atoms with E-state index >= 15 is 0 Å². The first-order valence-corrected chi connectivity index (χ1v) is 9.52. The number of piperidine rings is 1. The summed E-state index contributed by atoms with van der Waals surface area (Å²) in [6.45, 7) is 3.92. The summed E-state index contributed by atoms with van der Waals surface area (Å²) in [5, 5.41) is 11.3. The second kappa shape index (κ2) is 8.22. The lowest BCUT2D eigenvalue weighted by atomic mass is 10.1. The van der Waals surface area contributed by atoms with Gasteiger partial charge in [0.05, 0.1) is 11.4 Å². The Morgan fingerprint density at radius 3 is 2.50 bits per heavy atom. The molecule has 1 aliphatic rings. The molecule has 0 bridgehead atoms. The predicted molar refractivity (Wildman–Crippen MR) is 101 cm³/mol. The maximum atomic E-state index is 11.7. The first-order chi connectivity index (χ1) is 12.5. The summed E-state index contributed by atoms with van der Waals surface area (Å²) in [5.74, 6) is 0.360. The summed E-state index contributed by atoms with van der Waals surface area (Å²) in [5.41, 5.74) is 7.09. The fourth-order valence-electron chi connectivity index (χ4n) is 2.88. The standard InChI is InChI=1S/C17H22N6O2S/c1-12-5-7-13(8-6-12)23-16(22-9-3-2-4-10-22)20-21-17(23)26-11-14(24)19-15(18)25/h5-8H,2-4,9-11H2,1H3,(H3,18,19,24,25). The van der Waals surface area contributed by atoms with Crippen LogP contribution in [0.25, 0.3) is 5.69 Å². The zero-order valence-electron chi connectivity index (χ0n) is 14.6. The fourth-order valence-corrected chi connectivity index (χ4v) is 3.62. The number of hydrogen-bond acceptors (Lipinski definition) is 6. The molecule has 0 spiro atoms. The zero-order chi connectivity index (χ0) is 18.5. The molecule has 2 aromatic rings. The number of hydrogen-bond donors (Lipinski definition) is 2. The van der Waals surface area contributed by atoms with Crippen LogP contribution < -0.4 is 16.0 Å². The van der Waals surface area contributed by atoms with Crippen LogP contribution in [0.4, 0.5) is 10.7 Å². The molecule has 1 fully saturated rings. The molecule has 8 nitrogen and oxygen atoms in total. The molecule has 3 rings (SSSR count). The van der Waals surface area contributed by atoms with Gasteiger partial charge in [-0.1, -0.05) is 29.5 Å². The molecular formula is C17H22N6O2S. The van der Waals surface area contributed by atoms with E-state index in [-0.39, 0.29) is 5.75 Å². The maximum absolute atomic E-state index is 11.7. The molecule has 2 heterocycles. The van der Waals surface area contributed by atoms with E-state index in [9.17, 15) is 9.59 Å². The van der Waals surface area contributed by atoms with E-state index in [4.69, 9.17) is 5.73 Å². The van der Waals surface area contributed by atoms with E-state index in [0.717, 1.165) is 43.1 Å². The van der Waals surface area contributed by atoms with E-state index in [1.54, 1.807) is 0 Å². The van der Waals surface area contributed by atoms with E-state index in [1.165, 1.54) is 18.2 Å². The number of amides is 3. The molecule has 3 amide bonds. The number of nitrogens with two attached hydrogens (primary N) is 1. The van der Waals surface area contributed by atoms with Crippen LogP contribution in [0.3, 0.4) is 0 Å². The minimum atomic E-state index is -0.857. The molecule has 3 N–H and O–H groups in total. The number of rotatable bonds is 5. The third-order valence-corrected chi connectivity index (χ3v) is 5.07. The van der Waals surface area contributed by atoms with Crippen molar-refractivity contribution in [3.05, 3.63) is 29.8 Å². The number of aromatic nitrogens is 3. The SMILES string of the molecule is Cc1ccc(-n2c(SCC(=O)NC(N)=O)nnc2N2CCCCC2)cc1. The number of aryl methyl sites for hydroxylation is 1. The van der Waals surface area contributed by atoms with E-state index in [1.807, 2.05) is 35.8 Å². The van der Waals surface area contributed by atoms with Crippen LogP contribution in [0.15, 0.2) is 29.4 Å². The Balaban J connectivity index is 1.88. The van der Waals surface area contributed by atoms with Gasteiger partial charge >= 0.3 is 6.03 Å². The van der Waals surface area contributed by atoms with Gasteiger partial charge in [0, 0.05) is 13.1 Å². The molecular weight excluding hydrogens is 352 g/mol. The van der Waals surface area contributed by atoms with Gasteiger partial charge in [0.2, 0.25) is 11.9 Å². The van der Waals surface area contributed by atoms with Crippen LogP contribution in [-0.4, -0.2) is 45.5 Å². The molecule has 26 heavy (non-hydrogen) atoms. The molecule has 1 aromatic carbocycles. The number of carbonyl (C=O) groups is 2. The highest BCUT2D eigenvalue weighted by Crippen LogP contribution is 2.28. The summed E-state index contributed by atoms with van der Waals surface area (Å²) >= 11 is 1.22. The normalized spacial score (nSPS) is 14.3. The lowest BCUT2D eigenvalue weighted by molar-refractivity contribution is -0.117. The number of imide groups is 1. The summed E-state index contributed by atoms with van der Waals surface area (Å²) in [6, 6.07) is 7.23. The van der Waals surface area contributed by atoms with Crippen molar-refractivity contribution in [2.75, 3.05) is 23.7 Å². The molecule has 1 aromatic heterocycles. The Morgan fingerprint density at radius 1 is 1.15 bits per heavy atom. The largest absolute Gasteiger partial charge is 0.351 e. The Hall–Kier alpha value is -2.55. The summed E-state index contributed by atoms with van der Waals surface area (Å²) in [6.07, 6.45) is 3.48. The van der Waals surface area contributed by atoms with Crippen LogP contribution >= 0.6 is 11.8 Å². The van der Waals surface area contributed by atoms with E-state index < -0.39 is 11.9 Å². The van der Waals surface area contributed by atoms with Crippen molar-refractivity contribution in [2.45, 2.75) is 31.3 Å². The topological polar surface area (TPSA) is 106 Å². The fraction of sp³-hybridized carbons (Fsp3) is 0.412. The third kappa shape index (κ3) is 4.34. The van der Waals surface area contributed by atoms with Crippen molar-refractivity contribution in [1.82, 2.24) is 20.1 Å². The van der Waals surface area contributed by atoms with Gasteiger partial charge in [-0.25, -0.2) is 4.79 Å². The number of benzene rings is 1. The number of carbonyl (C=O) groups excluding carboxylic acids is 2. The van der Waals surface area contributed by atoms with E-state index in [2.05, 4.69) is 20.4 Å². The van der Waals surface area contributed by atoms with Gasteiger partial charge < -0.3 is 10.6 Å². The summed E-state index contributed by atoms with van der Waals surface area (Å²) in [7, 11) is 0. The first-order valence-electron chi connectivity index (χ1n) is 8.54. The van der Waals surface area contributed by atoms with E-state index in [0.29, 0.717) is 5.16 Å². The molecule has 138 valence electrons. The van der Waals surface area contributed by atoms with Crippen molar-refractivity contribution in [1.29, 1.82) is 0 Å². The summed E-state index contributed by atoms with van der Waals surface area (Å²) in [4.78, 5) is 24.7. The van der Waals surface area contributed by atoms with Gasteiger partial charge in [-0.05, 0) is 38.3 Å². The Labute approximate surface area is 156 Å². The molecule has 0 unspecified atom stereocenters. The second-order valence-electron chi connectivity index (χ2n) is 6.20. The molecule has 0 aliphatic carbocycles. The van der Waals surface area contributed by atoms with Gasteiger partial charge in [0.1, 0.15) is 0 Å². The number of nitrogens with zero attached hydrogens (tertiary/aromatic N) is 4. The molecule has 0 saturated carbocycles. The molecule has 9 heteroatoms. The van der Waals surface area contributed by atoms with Crippen molar-refractivity contribution in [3.63, 3.8) is 0 Å². The van der Waals surface area contributed by atoms with Crippen LogP contribution in [-0.2, 0) is 4.79 Å². The monoisotopic (exact) mass is 374 g/mol. The van der Waals surface area contributed by atoms with Gasteiger partial charge in [0.25, 0.3) is 0 Å². The van der Waals surface area contributed by atoms with Crippen molar-refractivity contribution in [3.8, 4) is 5.69 Å². The van der Waals surface area contributed by atoms with Gasteiger partial charge in [-0.2, -0.15) is 0 Å². The van der Waals surface area contributed by atoms with Crippen LogP contribution in [0, 0.1) is 6.92 Å². The average molecular weight is 374 g/mol. The highest BCUT2D eigenvalue weighted by molar-refractivity contribution is 7.99. The maximum Gasteiger partial charge on any atom is 0.318 e. The predicted octanol–water partition coefficient (Wildman–Crippen LogP) is 1.85. The van der Waals surface area contributed by atoms with Crippen LogP contribution in [0.1, 0.15) is 24.8 Å². The molecule has 1 aliphatic heterocycles. The molecule has 0 radical (unpaired) electrons. The van der Waals surface area contributed by atoms with Crippen LogP contribution in [0.2, 0.25) is 0 Å². The van der Waals surface area contributed by atoms with Crippen LogP contribution in [0.5, 0.6) is 0 Å². The summed E-state index contributed by atoms with van der Waals surface area (Å²) < 4.78 is 1.97. The van der Waals surface area contributed by atoms with Crippen molar-refractivity contribution >= 4 is 29.6 Å². The average Bonchev–Trinajstić information content (AvgIpc) is 3.05. The molecule has 0 atom stereocenters. The van der Waals surface area contributed by atoms with Gasteiger partial charge in [-0.15, -0.1) is 10.2 Å². The number of nitrogens with one attached hydrogen (secondary N) is 1. The van der Waals surface area contributed by atoms with Crippen molar-refractivity contribution < 1.29 is 9.59 Å². The number of urea groups is 1. The molecule has 1 saturated heterocycles. The number of thioether (sulfide) groups is 1. The number of primary amides is 1. The van der Waals surface area contributed by atoms with Gasteiger partial charge in [0.15, 0.2) is 5.16 Å². The van der Waals surface area contributed by atoms with Crippen molar-refractivity contribution in [2.24, 2.45) is 5.73 Å². The first kappa shape index (κ1) is 18.2. The zero-order valence-corrected chi connectivity index (χ0v) is 15.5. The highest BCUT2D eigenvalue weighted by Gasteiger charge is 2.22. The quantitative estimate of drug-likeness (QED) is 0.774. The lowest BCUT2D eigenvalue weighted by Gasteiger charge is -2.27. The minimum absolute atomic E-state index is 0.0347. The Morgan fingerprint density at radius 2 is 1.85 bits per heavy atom. The number of anilines is 1. The highest BCUT2D eigenvalue weighted by atomic mass is 32.2. The smallest absolute Gasteiger partial charge is 0.318 e.